The molecule has 3 heterocycles. The Balaban J connectivity index is 1.37. The van der Waals surface area contributed by atoms with E-state index in [1.165, 1.54) is 16.0 Å². The molecule has 1 fully saturated rings. The lowest BCUT2D eigenvalue weighted by Crippen LogP contribution is -2.49. The first-order valence-corrected chi connectivity index (χ1v) is 12.8. The monoisotopic (exact) mass is 490 g/mol. The first-order valence-electron chi connectivity index (χ1n) is 11.6. The molecule has 1 aliphatic rings. The largest absolute Gasteiger partial charge is 0.352 e. The number of anilines is 1. The van der Waals surface area contributed by atoms with E-state index < -0.39 is 0 Å². The van der Waals surface area contributed by atoms with Gasteiger partial charge in [0.25, 0.3) is 5.91 Å². The Hall–Kier alpha value is -2.96. The molecule has 2 aromatic heterocycles. The average molecular weight is 491 g/mol. The fraction of sp³-hybridized carbons (Fsp3) is 0.296. The number of nitrogens with zero attached hydrogens (tertiary/aromatic N) is 4. The molecule has 4 aromatic rings. The van der Waals surface area contributed by atoms with Gasteiger partial charge in [-0.2, -0.15) is 0 Å². The van der Waals surface area contributed by atoms with Gasteiger partial charge in [-0.1, -0.05) is 41.9 Å². The number of carbonyl (C=O) groups is 1. The van der Waals surface area contributed by atoms with Crippen molar-refractivity contribution in [2.45, 2.75) is 26.7 Å². The molecule has 0 saturated carbocycles. The number of amides is 1. The molecule has 34 heavy (non-hydrogen) atoms. The van der Waals surface area contributed by atoms with Crippen LogP contribution in [-0.2, 0) is 12.8 Å². The van der Waals surface area contributed by atoms with Crippen LogP contribution < -0.4 is 4.90 Å². The summed E-state index contributed by atoms with van der Waals surface area (Å²) in [7, 11) is 0. The van der Waals surface area contributed by atoms with Crippen molar-refractivity contribution in [3.63, 3.8) is 0 Å². The van der Waals surface area contributed by atoms with Gasteiger partial charge in [0.05, 0.1) is 5.39 Å². The summed E-state index contributed by atoms with van der Waals surface area (Å²) < 4.78 is 0. The number of hydrogen-bond donors (Lipinski definition) is 0. The fourth-order valence-corrected chi connectivity index (χ4v) is 5.58. The van der Waals surface area contributed by atoms with Gasteiger partial charge >= 0.3 is 0 Å². The van der Waals surface area contributed by atoms with Gasteiger partial charge in [0, 0.05) is 48.1 Å². The predicted octanol–water partition coefficient (Wildman–Crippen LogP) is 5.71. The molecule has 1 saturated heterocycles. The van der Waals surface area contributed by atoms with Crippen LogP contribution in [0.2, 0.25) is 5.02 Å². The highest BCUT2D eigenvalue weighted by Crippen LogP contribution is 2.35. The van der Waals surface area contributed by atoms with Gasteiger partial charge in [-0.3, -0.25) is 4.79 Å². The number of aromatic nitrogens is 2. The second-order valence-electron chi connectivity index (χ2n) is 8.70. The molecular weight excluding hydrogens is 464 g/mol. The van der Waals surface area contributed by atoms with Crippen LogP contribution in [0.5, 0.6) is 0 Å². The smallest absolute Gasteiger partial charge is 0.253 e. The third-order valence-electron chi connectivity index (χ3n) is 6.49. The Morgan fingerprint density at radius 3 is 2.35 bits per heavy atom. The van der Waals surface area contributed by atoms with E-state index in [2.05, 4.69) is 43.0 Å². The van der Waals surface area contributed by atoms with E-state index in [1.807, 2.05) is 11.0 Å². The second kappa shape index (κ2) is 9.72. The Kier molecular flexibility index (Phi) is 6.53. The summed E-state index contributed by atoms with van der Waals surface area (Å²) in [4.78, 5) is 29.5. The molecule has 1 aliphatic heterocycles. The zero-order chi connectivity index (χ0) is 23.7. The maximum Gasteiger partial charge on any atom is 0.253 e. The zero-order valence-electron chi connectivity index (χ0n) is 19.4. The third kappa shape index (κ3) is 4.65. The van der Waals surface area contributed by atoms with Crippen molar-refractivity contribution in [2.24, 2.45) is 0 Å². The summed E-state index contributed by atoms with van der Waals surface area (Å²) >= 11 is 7.72. The molecule has 5 nitrogen and oxygen atoms in total. The highest BCUT2D eigenvalue weighted by Gasteiger charge is 2.26. The van der Waals surface area contributed by atoms with E-state index in [1.54, 1.807) is 35.6 Å². The molecule has 0 radical (unpaired) electrons. The van der Waals surface area contributed by atoms with Gasteiger partial charge in [0.15, 0.2) is 0 Å². The molecule has 174 valence electrons. The standard InChI is InChI=1S/C27H27ClN4OS/c1-18-19(2)34-26-24(18)25(29-23(30-26)13-8-20-6-4-3-5-7-20)31-14-16-32(17-15-31)27(33)21-9-11-22(28)12-10-21/h3-7,9-12H,8,13-17H2,1-2H3. The van der Waals surface area contributed by atoms with Crippen molar-refractivity contribution in [3.8, 4) is 0 Å². The molecule has 0 atom stereocenters. The summed E-state index contributed by atoms with van der Waals surface area (Å²) in [5.74, 6) is 1.94. The first-order chi connectivity index (χ1) is 16.5. The van der Waals surface area contributed by atoms with Gasteiger partial charge in [-0.15, -0.1) is 11.3 Å². The maximum absolute atomic E-state index is 12.9. The number of piperazine rings is 1. The van der Waals surface area contributed by atoms with Crippen molar-refractivity contribution in [1.29, 1.82) is 0 Å². The molecule has 1 amide bonds. The van der Waals surface area contributed by atoms with Crippen molar-refractivity contribution in [2.75, 3.05) is 31.1 Å². The van der Waals surface area contributed by atoms with E-state index >= 15 is 0 Å². The molecule has 5 rings (SSSR count). The normalized spacial score (nSPS) is 14.1. The Bertz CT molecular complexity index is 1310. The Morgan fingerprint density at radius 1 is 0.941 bits per heavy atom. The molecule has 0 N–H and O–H groups in total. The van der Waals surface area contributed by atoms with Gasteiger partial charge in [-0.25, -0.2) is 9.97 Å². The fourth-order valence-electron chi connectivity index (χ4n) is 4.41. The third-order valence-corrected chi connectivity index (χ3v) is 7.85. The van der Waals surface area contributed by atoms with Crippen LogP contribution in [-0.4, -0.2) is 47.0 Å². The number of aryl methyl sites for hydroxylation is 4. The van der Waals surface area contributed by atoms with Crippen LogP contribution in [0.1, 0.15) is 32.2 Å². The number of fused-ring (bicyclic) bond motifs is 1. The van der Waals surface area contributed by atoms with Crippen LogP contribution in [0.4, 0.5) is 5.82 Å². The van der Waals surface area contributed by atoms with Gasteiger partial charge in [0.1, 0.15) is 16.5 Å². The van der Waals surface area contributed by atoms with E-state index in [0.717, 1.165) is 47.8 Å². The Labute approximate surface area is 209 Å². The average Bonchev–Trinajstić information content (AvgIpc) is 3.16. The lowest BCUT2D eigenvalue weighted by molar-refractivity contribution is 0.0746. The first kappa shape index (κ1) is 22.8. The molecular formula is C27H27ClN4OS. The van der Waals surface area contributed by atoms with Crippen molar-refractivity contribution >= 4 is 44.9 Å². The van der Waals surface area contributed by atoms with Crippen LogP contribution in [0.3, 0.4) is 0 Å². The number of rotatable bonds is 5. The van der Waals surface area contributed by atoms with E-state index in [9.17, 15) is 4.79 Å². The highest BCUT2D eigenvalue weighted by molar-refractivity contribution is 7.18. The summed E-state index contributed by atoms with van der Waals surface area (Å²) in [6.07, 6.45) is 1.72. The minimum atomic E-state index is 0.0512. The number of benzene rings is 2. The SMILES string of the molecule is Cc1sc2nc(CCc3ccccc3)nc(N3CCN(C(=O)c4ccc(Cl)cc4)CC3)c2c1C. The minimum Gasteiger partial charge on any atom is -0.352 e. The molecule has 7 heteroatoms. The molecule has 0 aliphatic carbocycles. The van der Waals surface area contributed by atoms with Gasteiger partial charge < -0.3 is 9.80 Å². The highest BCUT2D eigenvalue weighted by atomic mass is 35.5. The predicted molar refractivity (Wildman–Crippen MR) is 140 cm³/mol. The topological polar surface area (TPSA) is 49.3 Å². The number of thiophene rings is 1. The lowest BCUT2D eigenvalue weighted by Gasteiger charge is -2.36. The number of halogens is 1. The summed E-state index contributed by atoms with van der Waals surface area (Å²) in [5.41, 5.74) is 3.22. The molecule has 0 spiro atoms. The van der Waals surface area contributed by atoms with E-state index in [0.29, 0.717) is 23.7 Å². The summed E-state index contributed by atoms with van der Waals surface area (Å²) in [6, 6.07) is 17.6. The van der Waals surface area contributed by atoms with E-state index in [4.69, 9.17) is 21.6 Å². The van der Waals surface area contributed by atoms with Crippen molar-refractivity contribution in [3.05, 3.63) is 87.0 Å². The number of hydrogen-bond acceptors (Lipinski definition) is 5. The quantitative estimate of drug-likeness (QED) is 0.359. The second-order valence-corrected chi connectivity index (χ2v) is 10.3. The van der Waals surface area contributed by atoms with Crippen molar-refractivity contribution in [1.82, 2.24) is 14.9 Å². The van der Waals surface area contributed by atoms with Crippen molar-refractivity contribution < 1.29 is 4.79 Å². The Morgan fingerprint density at radius 2 is 1.65 bits per heavy atom. The molecule has 2 aromatic carbocycles. The van der Waals surface area contributed by atoms with Crippen LogP contribution >= 0.6 is 22.9 Å². The van der Waals surface area contributed by atoms with Crippen LogP contribution in [0.15, 0.2) is 54.6 Å². The summed E-state index contributed by atoms with van der Waals surface area (Å²) in [6.45, 7) is 7.13. The zero-order valence-corrected chi connectivity index (χ0v) is 21.0. The number of carbonyl (C=O) groups excluding carboxylic acids is 1. The van der Waals surface area contributed by atoms with E-state index in [-0.39, 0.29) is 5.91 Å². The summed E-state index contributed by atoms with van der Waals surface area (Å²) in [5, 5.41) is 1.79. The molecule has 0 unspecified atom stereocenters. The van der Waals surface area contributed by atoms with Gasteiger partial charge in [0.2, 0.25) is 0 Å². The van der Waals surface area contributed by atoms with Crippen LogP contribution in [0, 0.1) is 13.8 Å². The maximum atomic E-state index is 12.9. The lowest BCUT2D eigenvalue weighted by atomic mass is 10.1. The molecule has 0 bridgehead atoms. The van der Waals surface area contributed by atoms with Crippen LogP contribution in [0.25, 0.3) is 10.2 Å². The van der Waals surface area contributed by atoms with Gasteiger partial charge in [-0.05, 0) is 55.7 Å². The minimum absolute atomic E-state index is 0.0512.